The lowest BCUT2D eigenvalue weighted by Crippen LogP contribution is -2.49. The highest BCUT2D eigenvalue weighted by Gasteiger charge is 2.45. The maximum Gasteiger partial charge on any atom is 0.240 e. The number of benzene rings is 1. The number of rotatable bonds is 7. The van der Waals surface area contributed by atoms with Gasteiger partial charge in [0.05, 0.1) is 10.5 Å². The van der Waals surface area contributed by atoms with Gasteiger partial charge in [-0.25, -0.2) is 13.1 Å². The Morgan fingerprint density at radius 1 is 1.16 bits per heavy atom. The van der Waals surface area contributed by atoms with Crippen molar-refractivity contribution in [2.75, 3.05) is 19.6 Å². The van der Waals surface area contributed by atoms with E-state index in [1.54, 1.807) is 12.1 Å². The molecular weight excluding hydrogens is 408 g/mol. The summed E-state index contributed by atoms with van der Waals surface area (Å²) >= 11 is 0. The first-order valence-corrected chi connectivity index (χ1v) is 13.1. The van der Waals surface area contributed by atoms with Gasteiger partial charge in [-0.3, -0.25) is 0 Å². The third-order valence-electron chi connectivity index (χ3n) is 7.44. The molecule has 2 aliphatic carbocycles. The summed E-state index contributed by atoms with van der Waals surface area (Å²) in [6.45, 7) is 7.99. The van der Waals surface area contributed by atoms with E-state index in [-0.39, 0.29) is 0 Å². The van der Waals surface area contributed by atoms with Crippen molar-refractivity contribution in [3.63, 3.8) is 0 Å². The summed E-state index contributed by atoms with van der Waals surface area (Å²) in [5.74, 6) is 0. The van der Waals surface area contributed by atoms with Crippen molar-refractivity contribution in [2.45, 2.75) is 76.2 Å². The van der Waals surface area contributed by atoms with Gasteiger partial charge in [0.25, 0.3) is 0 Å². The van der Waals surface area contributed by atoms with Gasteiger partial charge in [-0.15, -0.1) is 0 Å². The molecular formula is C25H36N2O3S. The van der Waals surface area contributed by atoms with Gasteiger partial charge in [-0.05, 0) is 79.9 Å². The lowest BCUT2D eigenvalue weighted by atomic mass is 9.61. The normalized spacial score (nSPS) is 25.3. The molecule has 6 heteroatoms. The second-order valence-corrected chi connectivity index (χ2v) is 11.8. The van der Waals surface area contributed by atoms with Crippen LogP contribution in [-0.2, 0) is 16.4 Å². The number of aliphatic hydroxyl groups is 1. The molecule has 4 rings (SSSR count). The van der Waals surface area contributed by atoms with Crippen molar-refractivity contribution < 1.29 is 13.5 Å². The summed E-state index contributed by atoms with van der Waals surface area (Å²) in [6, 6.07) is 7.21. The summed E-state index contributed by atoms with van der Waals surface area (Å²) in [7, 11) is -3.52. The summed E-state index contributed by atoms with van der Waals surface area (Å²) in [5.41, 5.74) is 4.20. The molecule has 1 heterocycles. The summed E-state index contributed by atoms with van der Waals surface area (Å²) in [6.07, 6.45) is 9.58. The first-order chi connectivity index (χ1) is 14.6. The summed E-state index contributed by atoms with van der Waals surface area (Å²) in [4.78, 5) is 2.68. The fraction of sp³-hybridized carbons (Fsp3) is 0.600. The third-order valence-corrected chi connectivity index (χ3v) is 8.92. The van der Waals surface area contributed by atoms with E-state index in [2.05, 4.69) is 22.6 Å². The minimum atomic E-state index is -3.52. The lowest BCUT2D eigenvalue weighted by Gasteiger charge is -2.52. The van der Waals surface area contributed by atoms with E-state index in [0.717, 1.165) is 36.9 Å². The zero-order valence-electron chi connectivity index (χ0n) is 19.1. The Morgan fingerprint density at radius 2 is 1.87 bits per heavy atom. The van der Waals surface area contributed by atoms with Crippen molar-refractivity contribution in [1.29, 1.82) is 0 Å². The minimum absolute atomic E-state index is 0.308. The molecule has 170 valence electrons. The highest BCUT2D eigenvalue weighted by atomic mass is 32.2. The number of nitrogens with one attached hydrogen (secondary N) is 1. The van der Waals surface area contributed by atoms with Crippen molar-refractivity contribution >= 4 is 10.0 Å². The highest BCUT2D eigenvalue weighted by molar-refractivity contribution is 7.89. The molecule has 1 aromatic carbocycles. The monoisotopic (exact) mass is 444 g/mol. The zero-order valence-corrected chi connectivity index (χ0v) is 19.9. The summed E-state index contributed by atoms with van der Waals surface area (Å²) < 4.78 is 28.3. The van der Waals surface area contributed by atoms with Gasteiger partial charge in [-0.2, -0.15) is 0 Å². The third kappa shape index (κ3) is 4.62. The van der Waals surface area contributed by atoms with Crippen LogP contribution in [-0.4, -0.2) is 43.7 Å². The van der Waals surface area contributed by atoms with Crippen LogP contribution in [0.4, 0.5) is 0 Å². The maximum atomic E-state index is 12.8. The number of sulfonamides is 1. The number of hydrogen-bond donors (Lipinski definition) is 2. The second-order valence-electron chi connectivity index (χ2n) is 10.0. The molecule has 0 aromatic heterocycles. The van der Waals surface area contributed by atoms with E-state index in [1.165, 1.54) is 30.5 Å². The predicted octanol–water partition coefficient (Wildman–Crippen LogP) is 4.15. The average molecular weight is 445 g/mol. The topological polar surface area (TPSA) is 69.6 Å². The Hall–Kier alpha value is -1.63. The van der Waals surface area contributed by atoms with E-state index < -0.39 is 15.6 Å². The molecule has 0 radical (unpaired) electrons. The molecule has 1 saturated carbocycles. The van der Waals surface area contributed by atoms with E-state index >= 15 is 0 Å². The van der Waals surface area contributed by atoms with Crippen LogP contribution in [0.25, 0.3) is 0 Å². The predicted molar refractivity (Wildman–Crippen MR) is 124 cm³/mol. The van der Waals surface area contributed by atoms with E-state index in [1.807, 2.05) is 26.0 Å². The van der Waals surface area contributed by atoms with Gasteiger partial charge in [0.2, 0.25) is 10.0 Å². The molecule has 31 heavy (non-hydrogen) atoms. The number of aryl methyl sites for hydroxylation is 1. The summed E-state index contributed by atoms with van der Waals surface area (Å²) in [5, 5.41) is 10.8. The van der Waals surface area contributed by atoms with Crippen LogP contribution in [0.2, 0.25) is 0 Å². The first-order valence-electron chi connectivity index (χ1n) is 11.6. The number of allylic oxidation sites excluding steroid dienone is 1. The average Bonchev–Trinajstić information content (AvgIpc) is 2.68. The van der Waals surface area contributed by atoms with Crippen molar-refractivity contribution in [3.8, 4) is 0 Å². The van der Waals surface area contributed by atoms with Crippen LogP contribution >= 0.6 is 0 Å². The van der Waals surface area contributed by atoms with Crippen molar-refractivity contribution in [1.82, 2.24) is 9.62 Å². The Bertz CT molecular complexity index is 986. The SMILES string of the molecule is CCCc1ccc(S(=O)(=O)NCCN2CC3(CCC3)CC3=C2C=C(C)C(C)(O)C3)cc1. The van der Waals surface area contributed by atoms with Crippen LogP contribution in [0.3, 0.4) is 0 Å². The molecule has 1 unspecified atom stereocenters. The van der Waals surface area contributed by atoms with Gasteiger partial charge < -0.3 is 10.0 Å². The highest BCUT2D eigenvalue weighted by Crippen LogP contribution is 2.52. The van der Waals surface area contributed by atoms with Gasteiger partial charge >= 0.3 is 0 Å². The standard InChI is InChI=1S/C25H36N2O3S/c1-4-6-20-7-9-22(10-8-20)31(29,30)26-13-14-27-18-25(11-5-12-25)17-21-16-24(3,28)19(2)15-23(21)27/h7-10,15,26,28H,4-6,11-14,16-18H2,1-3H3. The van der Waals surface area contributed by atoms with Crippen molar-refractivity contribution in [3.05, 3.63) is 52.7 Å². The molecule has 1 aliphatic heterocycles. The minimum Gasteiger partial charge on any atom is -0.385 e. The van der Waals surface area contributed by atoms with Gasteiger partial charge in [0.15, 0.2) is 0 Å². The second kappa shape index (κ2) is 8.38. The lowest BCUT2D eigenvalue weighted by molar-refractivity contribution is 0.0478. The molecule has 1 aromatic rings. The van der Waals surface area contributed by atoms with Crippen LogP contribution < -0.4 is 4.72 Å². The molecule has 1 atom stereocenters. The molecule has 0 bridgehead atoms. The fourth-order valence-corrected chi connectivity index (χ4v) is 6.33. The van der Waals surface area contributed by atoms with Crippen molar-refractivity contribution in [2.24, 2.45) is 5.41 Å². The van der Waals surface area contributed by atoms with E-state index in [4.69, 9.17) is 0 Å². The molecule has 3 aliphatic rings. The van der Waals surface area contributed by atoms with Crippen LogP contribution in [0.5, 0.6) is 0 Å². The van der Waals surface area contributed by atoms with Crippen LogP contribution in [0.1, 0.15) is 64.9 Å². The Balaban J connectivity index is 1.45. The fourth-order valence-electron chi connectivity index (χ4n) is 5.31. The first kappa shape index (κ1) is 22.6. The Morgan fingerprint density at radius 3 is 2.48 bits per heavy atom. The molecule has 5 nitrogen and oxygen atoms in total. The number of nitrogens with zero attached hydrogens (tertiary/aromatic N) is 1. The zero-order chi connectivity index (χ0) is 22.3. The Kier molecular flexibility index (Phi) is 6.10. The quantitative estimate of drug-likeness (QED) is 0.663. The molecule has 0 amide bonds. The maximum absolute atomic E-state index is 12.8. The van der Waals surface area contributed by atoms with Gasteiger partial charge in [-0.1, -0.05) is 31.9 Å². The molecule has 2 N–H and O–H groups in total. The largest absolute Gasteiger partial charge is 0.385 e. The number of hydrogen-bond acceptors (Lipinski definition) is 4. The van der Waals surface area contributed by atoms with E-state index in [9.17, 15) is 13.5 Å². The van der Waals surface area contributed by atoms with Crippen LogP contribution in [0.15, 0.2) is 52.1 Å². The van der Waals surface area contributed by atoms with Crippen LogP contribution in [0, 0.1) is 5.41 Å². The molecule has 0 saturated heterocycles. The molecule has 1 spiro atoms. The van der Waals surface area contributed by atoms with Gasteiger partial charge in [0.1, 0.15) is 0 Å². The van der Waals surface area contributed by atoms with Gasteiger partial charge in [0, 0.05) is 31.8 Å². The Labute approximate surface area is 187 Å². The smallest absolute Gasteiger partial charge is 0.240 e. The van der Waals surface area contributed by atoms with E-state index in [0.29, 0.717) is 29.8 Å². The molecule has 1 fully saturated rings.